The molecule has 0 amide bonds. The molecule has 0 bridgehead atoms. The summed E-state index contributed by atoms with van der Waals surface area (Å²) in [6.45, 7) is 6.44. The molecule has 0 aromatic heterocycles. The molecule has 1 aliphatic carbocycles. The first-order chi connectivity index (χ1) is 6.33. The summed E-state index contributed by atoms with van der Waals surface area (Å²) in [7, 11) is 0. The molecule has 2 nitrogen and oxygen atoms in total. The molecule has 0 heterocycles. The number of alkyl halides is 1. The summed E-state index contributed by atoms with van der Waals surface area (Å²) < 4.78 is 0. The number of aliphatic carboxylic acids is 1. The van der Waals surface area contributed by atoms with Gasteiger partial charge in [-0.15, -0.1) is 11.6 Å². The molecular weight excluding hydrogens is 200 g/mol. The average Bonchev–Trinajstić information content (AvgIpc) is 2.43. The van der Waals surface area contributed by atoms with E-state index >= 15 is 0 Å². The van der Waals surface area contributed by atoms with Crippen molar-refractivity contribution < 1.29 is 9.90 Å². The van der Waals surface area contributed by atoms with Crippen LogP contribution in [0.1, 0.15) is 40.0 Å². The quantitative estimate of drug-likeness (QED) is 0.739. The highest BCUT2D eigenvalue weighted by atomic mass is 35.5. The fourth-order valence-electron chi connectivity index (χ4n) is 2.40. The second-order valence-corrected chi connectivity index (χ2v) is 5.74. The monoisotopic (exact) mass is 218 g/mol. The van der Waals surface area contributed by atoms with Gasteiger partial charge in [0.1, 0.15) is 5.38 Å². The Balaban J connectivity index is 2.55. The van der Waals surface area contributed by atoms with E-state index in [0.717, 1.165) is 12.8 Å². The van der Waals surface area contributed by atoms with Gasteiger partial charge < -0.3 is 5.11 Å². The summed E-state index contributed by atoms with van der Waals surface area (Å²) in [5.41, 5.74) is 0.369. The van der Waals surface area contributed by atoms with Crippen LogP contribution in [0.5, 0.6) is 0 Å². The largest absolute Gasteiger partial charge is 0.480 e. The zero-order valence-corrected chi connectivity index (χ0v) is 9.84. The highest BCUT2D eigenvalue weighted by Gasteiger charge is 2.37. The lowest BCUT2D eigenvalue weighted by Gasteiger charge is -2.23. The molecule has 1 fully saturated rings. The highest BCUT2D eigenvalue weighted by molar-refractivity contribution is 6.29. The van der Waals surface area contributed by atoms with Gasteiger partial charge in [0.2, 0.25) is 0 Å². The van der Waals surface area contributed by atoms with Crippen LogP contribution in [0.4, 0.5) is 0 Å². The van der Waals surface area contributed by atoms with Gasteiger partial charge in [0.05, 0.1) is 0 Å². The summed E-state index contributed by atoms with van der Waals surface area (Å²) in [6, 6.07) is 0. The van der Waals surface area contributed by atoms with Crippen LogP contribution in [-0.2, 0) is 4.79 Å². The molecule has 1 N–H and O–H groups in total. The Hall–Kier alpha value is -0.240. The highest BCUT2D eigenvalue weighted by Crippen LogP contribution is 2.45. The van der Waals surface area contributed by atoms with Crippen molar-refractivity contribution in [2.45, 2.75) is 45.4 Å². The number of carbonyl (C=O) groups is 1. The molecule has 3 unspecified atom stereocenters. The van der Waals surface area contributed by atoms with E-state index < -0.39 is 11.3 Å². The van der Waals surface area contributed by atoms with E-state index in [1.807, 2.05) is 6.92 Å². The number of carboxylic acid groups (broad SMARTS) is 1. The summed E-state index contributed by atoms with van der Waals surface area (Å²) in [5.74, 6) is -0.330. The minimum atomic E-state index is -0.885. The van der Waals surface area contributed by atoms with Gasteiger partial charge >= 0.3 is 5.97 Å². The number of halogens is 1. The Morgan fingerprint density at radius 3 is 2.50 bits per heavy atom. The van der Waals surface area contributed by atoms with Crippen molar-refractivity contribution in [2.24, 2.45) is 17.3 Å². The third-order valence-electron chi connectivity index (χ3n) is 3.45. The van der Waals surface area contributed by atoms with E-state index in [-0.39, 0.29) is 5.92 Å². The first-order valence-corrected chi connectivity index (χ1v) is 5.64. The Labute approximate surface area is 90.6 Å². The van der Waals surface area contributed by atoms with E-state index in [0.29, 0.717) is 11.3 Å². The molecule has 14 heavy (non-hydrogen) atoms. The average molecular weight is 219 g/mol. The molecule has 3 atom stereocenters. The van der Waals surface area contributed by atoms with Crippen molar-refractivity contribution in [1.29, 1.82) is 0 Å². The predicted molar refractivity (Wildman–Crippen MR) is 57.6 cm³/mol. The smallest absolute Gasteiger partial charge is 0.321 e. The lowest BCUT2D eigenvalue weighted by Crippen LogP contribution is -2.27. The van der Waals surface area contributed by atoms with Gasteiger partial charge in [-0.2, -0.15) is 0 Å². The molecule has 0 saturated heterocycles. The maximum absolute atomic E-state index is 10.7. The Kier molecular flexibility index (Phi) is 3.46. The van der Waals surface area contributed by atoms with Gasteiger partial charge in [-0.1, -0.05) is 20.8 Å². The summed E-state index contributed by atoms with van der Waals surface area (Å²) >= 11 is 5.84. The van der Waals surface area contributed by atoms with Crippen molar-refractivity contribution in [2.75, 3.05) is 0 Å². The minimum absolute atomic E-state index is 0.0796. The third kappa shape index (κ3) is 2.63. The fourth-order valence-corrected chi connectivity index (χ4v) is 2.61. The second-order valence-electron chi connectivity index (χ2n) is 5.27. The fraction of sp³-hybridized carbons (Fsp3) is 0.909. The zero-order valence-electron chi connectivity index (χ0n) is 9.09. The molecule has 0 radical (unpaired) electrons. The lowest BCUT2D eigenvalue weighted by atomic mass is 9.85. The topological polar surface area (TPSA) is 37.3 Å². The van der Waals surface area contributed by atoms with Crippen LogP contribution in [0.3, 0.4) is 0 Å². The molecule has 82 valence electrons. The second kappa shape index (κ2) is 4.09. The van der Waals surface area contributed by atoms with Crippen molar-refractivity contribution in [1.82, 2.24) is 0 Å². The first-order valence-electron chi connectivity index (χ1n) is 5.20. The van der Waals surface area contributed by atoms with E-state index in [4.69, 9.17) is 16.7 Å². The summed E-state index contributed by atoms with van der Waals surface area (Å²) in [5, 5.41) is 8.08. The van der Waals surface area contributed by atoms with Crippen LogP contribution in [0.15, 0.2) is 0 Å². The Bertz CT molecular complexity index is 225. The van der Waals surface area contributed by atoms with Gasteiger partial charge in [0.25, 0.3) is 0 Å². The molecule has 0 aromatic rings. The van der Waals surface area contributed by atoms with Crippen LogP contribution >= 0.6 is 11.6 Å². The molecule has 0 aliphatic heterocycles. The maximum atomic E-state index is 10.7. The summed E-state index contributed by atoms with van der Waals surface area (Å²) in [6.07, 6.45) is 3.40. The molecule has 0 aromatic carbocycles. The SMILES string of the molecule is CC(C1CCC(C)(C)C1)C(Cl)C(=O)O. The van der Waals surface area contributed by atoms with Gasteiger partial charge in [-0.05, 0) is 36.5 Å². The van der Waals surface area contributed by atoms with Crippen molar-refractivity contribution in [3.63, 3.8) is 0 Å². The van der Waals surface area contributed by atoms with E-state index in [1.165, 1.54) is 6.42 Å². The van der Waals surface area contributed by atoms with E-state index in [9.17, 15) is 4.79 Å². The molecule has 1 saturated carbocycles. The third-order valence-corrected chi connectivity index (χ3v) is 4.03. The van der Waals surface area contributed by atoms with Gasteiger partial charge in [0.15, 0.2) is 0 Å². The molecule has 0 spiro atoms. The van der Waals surface area contributed by atoms with Crippen LogP contribution in [0.25, 0.3) is 0 Å². The lowest BCUT2D eigenvalue weighted by molar-refractivity contribution is -0.137. The maximum Gasteiger partial charge on any atom is 0.321 e. The van der Waals surface area contributed by atoms with Crippen LogP contribution in [0, 0.1) is 17.3 Å². The normalized spacial score (nSPS) is 29.9. The van der Waals surface area contributed by atoms with E-state index in [1.54, 1.807) is 0 Å². The molecule has 3 heteroatoms. The predicted octanol–water partition coefficient (Wildman–Crippen LogP) is 3.14. The van der Waals surface area contributed by atoms with Crippen LogP contribution in [-0.4, -0.2) is 16.5 Å². The Morgan fingerprint density at radius 1 is 1.57 bits per heavy atom. The Morgan fingerprint density at radius 2 is 2.14 bits per heavy atom. The number of hydrogen-bond acceptors (Lipinski definition) is 1. The van der Waals surface area contributed by atoms with Crippen LogP contribution < -0.4 is 0 Å². The van der Waals surface area contributed by atoms with Crippen molar-refractivity contribution in [3.05, 3.63) is 0 Å². The molecular formula is C11H19ClO2. The van der Waals surface area contributed by atoms with Crippen molar-refractivity contribution in [3.8, 4) is 0 Å². The van der Waals surface area contributed by atoms with Gasteiger partial charge in [0, 0.05) is 0 Å². The minimum Gasteiger partial charge on any atom is -0.480 e. The van der Waals surface area contributed by atoms with E-state index in [2.05, 4.69) is 13.8 Å². The standard InChI is InChI=1S/C11H19ClO2/c1-7(9(12)10(13)14)8-4-5-11(2,3)6-8/h7-9H,4-6H2,1-3H3,(H,13,14). The zero-order chi connectivity index (χ0) is 10.9. The first kappa shape index (κ1) is 11.8. The number of carboxylic acids is 1. The summed E-state index contributed by atoms with van der Waals surface area (Å²) in [4.78, 5) is 10.7. The van der Waals surface area contributed by atoms with Gasteiger partial charge in [-0.3, -0.25) is 4.79 Å². The number of hydrogen-bond donors (Lipinski definition) is 1. The number of rotatable bonds is 3. The van der Waals surface area contributed by atoms with Crippen LogP contribution in [0.2, 0.25) is 0 Å². The molecule has 1 aliphatic rings. The van der Waals surface area contributed by atoms with Gasteiger partial charge in [-0.25, -0.2) is 0 Å². The van der Waals surface area contributed by atoms with Crippen molar-refractivity contribution >= 4 is 17.6 Å². The molecule has 1 rings (SSSR count).